The quantitative estimate of drug-likeness (QED) is 0.880. The van der Waals surface area contributed by atoms with E-state index >= 15 is 0 Å². The van der Waals surface area contributed by atoms with Crippen LogP contribution in [0.3, 0.4) is 0 Å². The number of carbonyl (C=O) groups is 2. The van der Waals surface area contributed by atoms with Gasteiger partial charge in [-0.05, 0) is 32.6 Å². The Labute approximate surface area is 137 Å². The van der Waals surface area contributed by atoms with Crippen LogP contribution in [0.25, 0.3) is 0 Å². The number of aromatic nitrogens is 3. The largest absolute Gasteiger partial charge is 0.471 e. The van der Waals surface area contributed by atoms with E-state index in [1.54, 1.807) is 16.3 Å². The third-order valence-corrected chi connectivity index (χ3v) is 3.94. The Bertz CT molecular complexity index is 586. The van der Waals surface area contributed by atoms with Gasteiger partial charge in [-0.3, -0.25) is 14.3 Å². The Hall–Kier alpha value is -2.13. The average molecular weight is 347 g/mol. The molecule has 1 aromatic rings. The van der Waals surface area contributed by atoms with Crippen LogP contribution in [0.15, 0.2) is 12.7 Å². The summed E-state index contributed by atoms with van der Waals surface area (Å²) >= 11 is 0. The lowest BCUT2D eigenvalue weighted by atomic mass is 9.95. The molecule has 1 aromatic heterocycles. The van der Waals surface area contributed by atoms with Gasteiger partial charge in [-0.2, -0.15) is 18.3 Å². The molecule has 0 spiro atoms. The van der Waals surface area contributed by atoms with Gasteiger partial charge in [0.05, 0.1) is 0 Å². The van der Waals surface area contributed by atoms with Crippen molar-refractivity contribution in [3.63, 3.8) is 0 Å². The first-order valence-corrected chi connectivity index (χ1v) is 7.61. The fraction of sp³-hybridized carbons (Fsp3) is 0.714. The third kappa shape index (κ3) is 4.45. The van der Waals surface area contributed by atoms with Gasteiger partial charge in [-0.25, -0.2) is 4.98 Å². The van der Waals surface area contributed by atoms with Gasteiger partial charge >= 0.3 is 12.1 Å². The number of hydrogen-bond acceptors (Lipinski definition) is 4. The maximum absolute atomic E-state index is 12.5. The summed E-state index contributed by atoms with van der Waals surface area (Å²) in [5.74, 6) is -2.50. The number of hydrogen-bond donors (Lipinski definition) is 1. The van der Waals surface area contributed by atoms with Crippen LogP contribution in [-0.2, 0) is 16.1 Å². The molecule has 24 heavy (non-hydrogen) atoms. The molecule has 1 fully saturated rings. The number of piperidine rings is 1. The molecule has 0 saturated carbocycles. The zero-order chi connectivity index (χ0) is 18.0. The highest BCUT2D eigenvalue weighted by molar-refractivity contribution is 5.92. The van der Waals surface area contributed by atoms with E-state index in [4.69, 9.17) is 0 Å². The van der Waals surface area contributed by atoms with Gasteiger partial charge in [0.25, 0.3) is 0 Å². The summed E-state index contributed by atoms with van der Waals surface area (Å²) in [6.45, 7) is 4.00. The zero-order valence-corrected chi connectivity index (χ0v) is 13.5. The van der Waals surface area contributed by atoms with E-state index < -0.39 is 23.5 Å². The molecule has 7 nitrogen and oxygen atoms in total. The standard InChI is InChI=1S/C14H20F3N5O2/c1-13(2,20-11(23)14(15,16)17)12(24)21-5-3-4-10(6-21)7-22-9-18-8-19-22/h8-10H,3-7H2,1-2H3,(H,20,23)/t10-/m0/s1. The summed E-state index contributed by atoms with van der Waals surface area (Å²) in [5, 5.41) is 5.79. The second kappa shape index (κ2) is 6.78. The van der Waals surface area contributed by atoms with Crippen LogP contribution in [0.2, 0.25) is 0 Å². The first kappa shape index (κ1) is 18.2. The van der Waals surface area contributed by atoms with Gasteiger partial charge in [0, 0.05) is 19.6 Å². The van der Waals surface area contributed by atoms with Gasteiger partial charge in [0.2, 0.25) is 5.91 Å². The number of halogens is 3. The lowest BCUT2D eigenvalue weighted by molar-refractivity contribution is -0.176. The molecule has 0 bridgehead atoms. The Balaban J connectivity index is 1.98. The van der Waals surface area contributed by atoms with Crippen molar-refractivity contribution in [2.45, 2.75) is 44.9 Å². The van der Waals surface area contributed by atoms with Crippen LogP contribution in [0.4, 0.5) is 13.2 Å². The molecule has 0 aromatic carbocycles. The Morgan fingerprint density at radius 2 is 2.04 bits per heavy atom. The summed E-state index contributed by atoms with van der Waals surface area (Å²) in [4.78, 5) is 29.0. The van der Waals surface area contributed by atoms with Crippen LogP contribution in [0, 0.1) is 5.92 Å². The molecule has 1 aliphatic rings. The van der Waals surface area contributed by atoms with E-state index in [1.807, 2.05) is 0 Å². The minimum absolute atomic E-state index is 0.138. The van der Waals surface area contributed by atoms with E-state index in [-0.39, 0.29) is 5.92 Å². The van der Waals surface area contributed by atoms with E-state index in [0.29, 0.717) is 19.6 Å². The first-order valence-electron chi connectivity index (χ1n) is 7.61. The smallest absolute Gasteiger partial charge is 0.340 e. The topological polar surface area (TPSA) is 80.1 Å². The maximum atomic E-state index is 12.5. The molecule has 2 rings (SSSR count). The molecule has 0 unspecified atom stereocenters. The lowest BCUT2D eigenvalue weighted by Crippen LogP contribution is -2.59. The van der Waals surface area contributed by atoms with Gasteiger partial charge in [-0.1, -0.05) is 0 Å². The van der Waals surface area contributed by atoms with Crippen LogP contribution in [0.1, 0.15) is 26.7 Å². The van der Waals surface area contributed by atoms with E-state index in [9.17, 15) is 22.8 Å². The van der Waals surface area contributed by atoms with Crippen molar-refractivity contribution in [2.24, 2.45) is 5.92 Å². The third-order valence-electron chi connectivity index (χ3n) is 3.94. The van der Waals surface area contributed by atoms with Crippen LogP contribution < -0.4 is 5.32 Å². The minimum atomic E-state index is -5.02. The fourth-order valence-corrected chi connectivity index (χ4v) is 2.79. The molecule has 10 heteroatoms. The van der Waals surface area contributed by atoms with Crippen molar-refractivity contribution >= 4 is 11.8 Å². The second-order valence-corrected chi connectivity index (χ2v) is 6.45. The normalized spacial score (nSPS) is 19.2. The number of alkyl halides is 3. The molecule has 1 atom stereocenters. The predicted molar refractivity (Wildman–Crippen MR) is 77.6 cm³/mol. The van der Waals surface area contributed by atoms with E-state index in [1.165, 1.54) is 25.1 Å². The minimum Gasteiger partial charge on any atom is -0.340 e. The summed E-state index contributed by atoms with van der Waals surface area (Å²) in [6, 6.07) is 0. The van der Waals surface area contributed by atoms with Crippen molar-refractivity contribution in [1.29, 1.82) is 0 Å². The zero-order valence-electron chi connectivity index (χ0n) is 13.5. The van der Waals surface area contributed by atoms with Crippen molar-refractivity contribution < 1.29 is 22.8 Å². The van der Waals surface area contributed by atoms with Gasteiger partial charge < -0.3 is 10.2 Å². The van der Waals surface area contributed by atoms with Gasteiger partial charge in [0.15, 0.2) is 0 Å². The maximum Gasteiger partial charge on any atom is 0.471 e. The molecular formula is C14H20F3N5O2. The second-order valence-electron chi connectivity index (χ2n) is 6.45. The summed E-state index contributed by atoms with van der Waals surface area (Å²) in [5.41, 5.74) is -1.62. The van der Waals surface area contributed by atoms with E-state index in [0.717, 1.165) is 12.8 Å². The van der Waals surface area contributed by atoms with Crippen molar-refractivity contribution in [3.05, 3.63) is 12.7 Å². The summed E-state index contributed by atoms with van der Waals surface area (Å²) < 4.78 is 38.9. The summed E-state index contributed by atoms with van der Waals surface area (Å²) in [6.07, 6.45) is -0.391. The molecule has 0 aliphatic carbocycles. The monoisotopic (exact) mass is 347 g/mol. The number of nitrogens with zero attached hydrogens (tertiary/aromatic N) is 4. The SMILES string of the molecule is CC(C)(NC(=O)C(F)(F)F)C(=O)N1CCC[C@H](Cn2cncn2)C1. The number of rotatable bonds is 4. The molecular weight excluding hydrogens is 327 g/mol. The number of amides is 2. The van der Waals surface area contributed by atoms with Crippen LogP contribution in [-0.4, -0.2) is 56.3 Å². The Morgan fingerprint density at radius 1 is 1.33 bits per heavy atom. The number of likely N-dealkylation sites (tertiary alicyclic amines) is 1. The van der Waals surface area contributed by atoms with Gasteiger partial charge in [-0.15, -0.1) is 0 Å². The van der Waals surface area contributed by atoms with Crippen LogP contribution >= 0.6 is 0 Å². The molecule has 0 radical (unpaired) electrons. The van der Waals surface area contributed by atoms with Crippen molar-refractivity contribution in [1.82, 2.24) is 25.0 Å². The number of nitrogens with one attached hydrogen (secondary N) is 1. The first-order chi connectivity index (χ1) is 11.1. The predicted octanol–water partition coefficient (Wildman–Crippen LogP) is 0.974. The van der Waals surface area contributed by atoms with Gasteiger partial charge in [0.1, 0.15) is 18.2 Å². The molecule has 2 heterocycles. The fourth-order valence-electron chi connectivity index (χ4n) is 2.79. The molecule has 134 valence electrons. The average Bonchev–Trinajstić information content (AvgIpc) is 2.98. The lowest BCUT2D eigenvalue weighted by Gasteiger charge is -2.38. The Morgan fingerprint density at radius 3 is 2.62 bits per heavy atom. The van der Waals surface area contributed by atoms with E-state index in [2.05, 4.69) is 10.1 Å². The van der Waals surface area contributed by atoms with Crippen molar-refractivity contribution in [2.75, 3.05) is 13.1 Å². The molecule has 2 amide bonds. The number of carbonyl (C=O) groups excluding carboxylic acids is 2. The highest BCUT2D eigenvalue weighted by atomic mass is 19.4. The molecule has 1 saturated heterocycles. The highest BCUT2D eigenvalue weighted by Gasteiger charge is 2.44. The summed E-state index contributed by atoms with van der Waals surface area (Å²) in [7, 11) is 0. The van der Waals surface area contributed by atoms with Crippen LogP contribution in [0.5, 0.6) is 0 Å². The Kier molecular flexibility index (Phi) is 5.14. The molecule has 1 N–H and O–H groups in total. The van der Waals surface area contributed by atoms with Crippen molar-refractivity contribution in [3.8, 4) is 0 Å². The highest BCUT2D eigenvalue weighted by Crippen LogP contribution is 2.22. The molecule has 1 aliphatic heterocycles.